The highest BCUT2D eigenvalue weighted by molar-refractivity contribution is 6.08. The second kappa shape index (κ2) is 3.97. The molecule has 2 heteroatoms. The van der Waals surface area contributed by atoms with Gasteiger partial charge in [-0.3, -0.25) is 9.98 Å². The van der Waals surface area contributed by atoms with Gasteiger partial charge in [-0.05, 0) is 38.0 Å². The van der Waals surface area contributed by atoms with Crippen molar-refractivity contribution in [2.24, 2.45) is 10.9 Å². The van der Waals surface area contributed by atoms with Gasteiger partial charge in [0.2, 0.25) is 0 Å². The molecule has 1 aromatic rings. The second-order valence-corrected chi connectivity index (χ2v) is 4.15. The van der Waals surface area contributed by atoms with E-state index < -0.39 is 0 Å². The minimum atomic E-state index is 0.354. The van der Waals surface area contributed by atoms with E-state index in [1.807, 2.05) is 24.4 Å². The van der Waals surface area contributed by atoms with Crippen LogP contribution < -0.4 is 0 Å². The average molecular weight is 200 g/mol. The number of nitrogens with zero attached hydrogens (tertiary/aromatic N) is 2. The molecule has 2 atom stereocenters. The zero-order valence-electron chi connectivity index (χ0n) is 9.44. The van der Waals surface area contributed by atoms with Gasteiger partial charge in [-0.15, -0.1) is 0 Å². The van der Waals surface area contributed by atoms with Gasteiger partial charge in [-0.2, -0.15) is 0 Å². The van der Waals surface area contributed by atoms with Gasteiger partial charge in [0, 0.05) is 6.20 Å². The number of rotatable bonds is 1. The highest BCUT2D eigenvalue weighted by atomic mass is 14.8. The molecule has 0 amide bonds. The number of dihydropyridines is 1. The van der Waals surface area contributed by atoms with Crippen LogP contribution in [0.3, 0.4) is 0 Å². The quantitative estimate of drug-likeness (QED) is 0.684. The van der Waals surface area contributed by atoms with Crippen molar-refractivity contribution in [1.82, 2.24) is 4.98 Å². The topological polar surface area (TPSA) is 25.2 Å². The van der Waals surface area contributed by atoms with Gasteiger partial charge in [-0.1, -0.05) is 18.6 Å². The van der Waals surface area contributed by atoms with Crippen molar-refractivity contribution in [3.8, 4) is 0 Å². The summed E-state index contributed by atoms with van der Waals surface area (Å²) in [4.78, 5) is 8.98. The van der Waals surface area contributed by atoms with Gasteiger partial charge in [-0.25, -0.2) is 0 Å². The smallest absolute Gasteiger partial charge is 0.0881 e. The standard InChI is InChI=1S/C13H16N2/c1-9-8-13(15-11(3)10(9)2)12-6-4-5-7-14-12/h4-8,10-11H,1-3H3/t10-,11-/m1/s1. The van der Waals surface area contributed by atoms with Crippen molar-refractivity contribution in [2.75, 3.05) is 0 Å². The van der Waals surface area contributed by atoms with Crippen molar-refractivity contribution in [3.63, 3.8) is 0 Å². The van der Waals surface area contributed by atoms with Crippen LogP contribution in [0, 0.1) is 5.92 Å². The number of aromatic nitrogens is 1. The van der Waals surface area contributed by atoms with Crippen LogP contribution in [0.25, 0.3) is 0 Å². The largest absolute Gasteiger partial charge is 0.279 e. The number of allylic oxidation sites excluding steroid dienone is 1. The Labute approximate surface area is 90.8 Å². The van der Waals surface area contributed by atoms with Crippen molar-refractivity contribution >= 4 is 5.71 Å². The van der Waals surface area contributed by atoms with Crippen molar-refractivity contribution in [2.45, 2.75) is 26.8 Å². The predicted molar refractivity (Wildman–Crippen MR) is 63.2 cm³/mol. The van der Waals surface area contributed by atoms with Gasteiger partial charge in [0.25, 0.3) is 0 Å². The predicted octanol–water partition coefficient (Wildman–Crippen LogP) is 2.86. The van der Waals surface area contributed by atoms with E-state index >= 15 is 0 Å². The third-order valence-electron chi connectivity index (χ3n) is 3.08. The van der Waals surface area contributed by atoms with Crippen molar-refractivity contribution < 1.29 is 0 Å². The highest BCUT2D eigenvalue weighted by Crippen LogP contribution is 2.22. The lowest BCUT2D eigenvalue weighted by molar-refractivity contribution is 0.549. The fraction of sp³-hybridized carbons (Fsp3) is 0.385. The molecule has 2 nitrogen and oxygen atoms in total. The van der Waals surface area contributed by atoms with E-state index in [-0.39, 0.29) is 0 Å². The van der Waals surface area contributed by atoms with Crippen molar-refractivity contribution in [1.29, 1.82) is 0 Å². The Hall–Kier alpha value is -1.44. The van der Waals surface area contributed by atoms with Gasteiger partial charge < -0.3 is 0 Å². The summed E-state index contributed by atoms with van der Waals surface area (Å²) in [5, 5.41) is 0. The lowest BCUT2D eigenvalue weighted by atomic mass is 9.91. The summed E-state index contributed by atoms with van der Waals surface area (Å²) in [5.41, 5.74) is 3.37. The van der Waals surface area contributed by atoms with Crippen LogP contribution >= 0.6 is 0 Å². The number of aliphatic imine (C=N–C) groups is 1. The van der Waals surface area contributed by atoms with Crippen LogP contribution in [-0.4, -0.2) is 16.7 Å². The average Bonchev–Trinajstić information content (AvgIpc) is 2.26. The first-order chi connectivity index (χ1) is 7.18. The molecule has 0 spiro atoms. The fourth-order valence-electron chi connectivity index (χ4n) is 1.75. The zero-order chi connectivity index (χ0) is 10.8. The van der Waals surface area contributed by atoms with Crippen LogP contribution in [0.1, 0.15) is 26.5 Å². The summed E-state index contributed by atoms with van der Waals surface area (Å²) >= 11 is 0. The van der Waals surface area contributed by atoms with Crippen LogP contribution in [0.2, 0.25) is 0 Å². The van der Waals surface area contributed by atoms with Gasteiger partial charge in [0.1, 0.15) is 0 Å². The summed E-state index contributed by atoms with van der Waals surface area (Å²) in [6.07, 6.45) is 3.96. The Morgan fingerprint density at radius 2 is 2.00 bits per heavy atom. The molecular weight excluding hydrogens is 184 g/mol. The molecule has 0 bridgehead atoms. The number of pyridine rings is 1. The lowest BCUT2D eigenvalue weighted by Crippen LogP contribution is -2.21. The van der Waals surface area contributed by atoms with Crippen LogP contribution in [0.4, 0.5) is 0 Å². The highest BCUT2D eigenvalue weighted by Gasteiger charge is 2.19. The third-order valence-corrected chi connectivity index (χ3v) is 3.08. The van der Waals surface area contributed by atoms with Gasteiger partial charge >= 0.3 is 0 Å². The zero-order valence-corrected chi connectivity index (χ0v) is 9.44. The molecule has 15 heavy (non-hydrogen) atoms. The second-order valence-electron chi connectivity index (χ2n) is 4.15. The lowest BCUT2D eigenvalue weighted by Gasteiger charge is -2.23. The minimum absolute atomic E-state index is 0.354. The fourth-order valence-corrected chi connectivity index (χ4v) is 1.75. The number of hydrogen-bond donors (Lipinski definition) is 0. The SMILES string of the molecule is CC1=CC(c2ccccn2)=N[C@H](C)[C@@H]1C. The van der Waals surface area contributed by atoms with Crippen LogP contribution in [-0.2, 0) is 0 Å². The maximum absolute atomic E-state index is 4.66. The van der Waals surface area contributed by atoms with Crippen molar-refractivity contribution in [3.05, 3.63) is 41.7 Å². The molecule has 1 aliphatic rings. The third kappa shape index (κ3) is 1.99. The monoisotopic (exact) mass is 200 g/mol. The summed E-state index contributed by atoms with van der Waals surface area (Å²) in [5.74, 6) is 0.539. The first-order valence-corrected chi connectivity index (χ1v) is 5.36. The Morgan fingerprint density at radius 3 is 2.60 bits per heavy atom. The summed E-state index contributed by atoms with van der Waals surface area (Å²) in [6, 6.07) is 6.28. The Balaban J connectivity index is 2.37. The molecule has 2 rings (SSSR count). The molecule has 2 heterocycles. The molecule has 0 aromatic carbocycles. The molecule has 0 saturated carbocycles. The molecule has 0 aliphatic carbocycles. The summed E-state index contributed by atoms with van der Waals surface area (Å²) < 4.78 is 0. The molecule has 0 saturated heterocycles. The van der Waals surface area contributed by atoms with Gasteiger partial charge in [0.15, 0.2) is 0 Å². The molecular formula is C13H16N2. The Kier molecular flexibility index (Phi) is 2.67. The van der Waals surface area contributed by atoms with Gasteiger partial charge in [0.05, 0.1) is 17.4 Å². The molecule has 0 radical (unpaired) electrons. The Bertz CT molecular complexity index is 404. The first kappa shape index (κ1) is 10.1. The molecule has 78 valence electrons. The molecule has 0 N–H and O–H groups in total. The molecule has 0 unspecified atom stereocenters. The normalized spacial score (nSPS) is 25.8. The van der Waals surface area contributed by atoms with E-state index in [2.05, 4.69) is 36.8 Å². The van der Waals surface area contributed by atoms with E-state index in [1.165, 1.54) is 5.57 Å². The maximum Gasteiger partial charge on any atom is 0.0881 e. The van der Waals surface area contributed by atoms with Crippen LogP contribution in [0.15, 0.2) is 41.0 Å². The summed E-state index contributed by atoms with van der Waals surface area (Å²) in [6.45, 7) is 6.54. The molecule has 0 fully saturated rings. The van der Waals surface area contributed by atoms with E-state index in [0.29, 0.717) is 12.0 Å². The summed E-state index contributed by atoms with van der Waals surface area (Å²) in [7, 11) is 0. The molecule has 1 aromatic heterocycles. The Morgan fingerprint density at radius 1 is 1.20 bits per heavy atom. The minimum Gasteiger partial charge on any atom is -0.279 e. The number of hydrogen-bond acceptors (Lipinski definition) is 2. The molecule has 1 aliphatic heterocycles. The van der Waals surface area contributed by atoms with E-state index in [1.54, 1.807) is 0 Å². The van der Waals surface area contributed by atoms with E-state index in [0.717, 1.165) is 11.4 Å². The first-order valence-electron chi connectivity index (χ1n) is 5.36. The maximum atomic E-state index is 4.66. The van der Waals surface area contributed by atoms with E-state index in [4.69, 9.17) is 0 Å². The van der Waals surface area contributed by atoms with Crippen LogP contribution in [0.5, 0.6) is 0 Å². The van der Waals surface area contributed by atoms with E-state index in [9.17, 15) is 0 Å².